The maximum atomic E-state index is 13.8. The minimum absolute atomic E-state index is 0.0336. The van der Waals surface area contributed by atoms with E-state index in [1.807, 2.05) is 48.5 Å². The molecule has 1 aliphatic carbocycles. The van der Waals surface area contributed by atoms with Gasteiger partial charge >= 0.3 is 0 Å². The second kappa shape index (κ2) is 8.27. The van der Waals surface area contributed by atoms with E-state index in [1.165, 1.54) is 0 Å². The highest BCUT2D eigenvalue weighted by Crippen LogP contribution is 2.46. The van der Waals surface area contributed by atoms with Gasteiger partial charge in [-0.15, -0.1) is 0 Å². The first-order valence-corrected chi connectivity index (χ1v) is 12.5. The molecule has 0 amide bonds. The number of ether oxygens (including phenoxy) is 2. The van der Waals surface area contributed by atoms with E-state index in [1.54, 1.807) is 0 Å². The van der Waals surface area contributed by atoms with E-state index in [0.717, 1.165) is 72.0 Å². The van der Waals surface area contributed by atoms with Crippen LogP contribution in [0.5, 0.6) is 11.5 Å². The summed E-state index contributed by atoms with van der Waals surface area (Å²) in [4.78, 5) is 18.6. The van der Waals surface area contributed by atoms with Crippen LogP contribution in [0.4, 0.5) is 17.1 Å². The molecule has 1 fully saturated rings. The molecule has 8 nitrogen and oxygen atoms in total. The highest BCUT2D eigenvalue weighted by atomic mass is 16.6. The first kappa shape index (κ1) is 21.3. The van der Waals surface area contributed by atoms with E-state index in [9.17, 15) is 4.79 Å². The topological polar surface area (TPSA) is 80.1 Å². The summed E-state index contributed by atoms with van der Waals surface area (Å²) in [6, 6.07) is 15.4. The predicted molar refractivity (Wildman–Crippen MR) is 138 cm³/mol. The monoisotopic (exact) mass is 482 g/mol. The fourth-order valence-electron chi connectivity index (χ4n) is 5.46. The zero-order valence-corrected chi connectivity index (χ0v) is 20.0. The number of aromatic nitrogens is 1. The molecule has 3 aliphatic rings. The number of benzene rings is 3. The maximum absolute atomic E-state index is 13.8. The van der Waals surface area contributed by atoms with Crippen molar-refractivity contribution in [3.05, 3.63) is 59.7 Å². The summed E-state index contributed by atoms with van der Waals surface area (Å²) in [5, 5.41) is 8.78. The van der Waals surface area contributed by atoms with Crippen LogP contribution in [-0.2, 0) is 0 Å². The van der Waals surface area contributed by atoms with Crippen molar-refractivity contribution in [2.24, 2.45) is 0 Å². The van der Waals surface area contributed by atoms with Crippen LogP contribution in [0.2, 0.25) is 0 Å². The lowest BCUT2D eigenvalue weighted by Crippen LogP contribution is -2.46. The van der Waals surface area contributed by atoms with E-state index < -0.39 is 0 Å². The highest BCUT2D eigenvalue weighted by Gasteiger charge is 2.34. The lowest BCUT2D eigenvalue weighted by atomic mass is 9.86. The Hall–Kier alpha value is -4.04. The normalized spacial score (nSPS) is 16.8. The Morgan fingerprint density at radius 3 is 2.53 bits per heavy atom. The van der Waals surface area contributed by atoms with Crippen molar-refractivity contribution in [1.82, 2.24) is 10.1 Å². The van der Waals surface area contributed by atoms with Crippen LogP contribution >= 0.6 is 0 Å². The fraction of sp³-hybridized carbons (Fsp3) is 0.286. The Kier molecular flexibility index (Phi) is 4.89. The average Bonchev–Trinajstić information content (AvgIpc) is 3.37. The van der Waals surface area contributed by atoms with Gasteiger partial charge in [0.2, 0.25) is 0 Å². The molecule has 3 aromatic carbocycles. The Balaban J connectivity index is 1.39. The molecular weight excluding hydrogens is 456 g/mol. The van der Waals surface area contributed by atoms with E-state index in [4.69, 9.17) is 14.0 Å². The standard InChI is InChI=1S/C28H26N4O4/c1-2-31-9-11-32(12-10-31)21-16-20(29-17-7-8-22-23(15-17)35-14-13-34-22)24-25-26(21)30-36-28(25)19-6-4-3-5-18(19)27(24)33/h3-8,15-16,29H,2,9-14H2,1H3. The summed E-state index contributed by atoms with van der Waals surface area (Å²) >= 11 is 0. The quantitative estimate of drug-likeness (QED) is 0.395. The Morgan fingerprint density at radius 2 is 1.72 bits per heavy atom. The summed E-state index contributed by atoms with van der Waals surface area (Å²) in [7, 11) is 0. The zero-order valence-electron chi connectivity index (χ0n) is 20.0. The third-order valence-corrected chi connectivity index (χ3v) is 7.36. The zero-order chi connectivity index (χ0) is 24.2. The minimum atomic E-state index is -0.0336. The molecule has 7 rings (SSSR count). The molecule has 0 radical (unpaired) electrons. The van der Waals surface area contributed by atoms with Gasteiger partial charge in [0, 0.05) is 49.1 Å². The number of nitrogens with one attached hydrogen (secondary N) is 1. The lowest BCUT2D eigenvalue weighted by molar-refractivity contribution is 0.104. The summed E-state index contributed by atoms with van der Waals surface area (Å²) in [5.74, 6) is 2.03. The Bertz CT molecular complexity index is 1500. The summed E-state index contributed by atoms with van der Waals surface area (Å²) in [6.07, 6.45) is 0. The molecule has 36 heavy (non-hydrogen) atoms. The molecule has 0 unspecified atom stereocenters. The van der Waals surface area contributed by atoms with Gasteiger partial charge in [0.25, 0.3) is 0 Å². The van der Waals surface area contributed by atoms with Crippen molar-refractivity contribution >= 4 is 33.7 Å². The smallest absolute Gasteiger partial charge is 0.196 e. The van der Waals surface area contributed by atoms with Crippen LogP contribution in [0.25, 0.3) is 22.2 Å². The Morgan fingerprint density at radius 1 is 0.944 bits per heavy atom. The van der Waals surface area contributed by atoms with Gasteiger partial charge in [-0.1, -0.05) is 36.3 Å². The summed E-state index contributed by atoms with van der Waals surface area (Å²) < 4.78 is 17.4. The van der Waals surface area contributed by atoms with Crippen LogP contribution in [-0.4, -0.2) is 61.8 Å². The van der Waals surface area contributed by atoms with Gasteiger partial charge in [0.05, 0.1) is 22.3 Å². The van der Waals surface area contributed by atoms with Crippen molar-refractivity contribution < 1.29 is 18.8 Å². The number of rotatable bonds is 4. The molecule has 0 atom stereocenters. The van der Waals surface area contributed by atoms with E-state index in [0.29, 0.717) is 35.9 Å². The third kappa shape index (κ3) is 3.25. The van der Waals surface area contributed by atoms with Gasteiger partial charge in [-0.25, -0.2) is 0 Å². The number of ketones is 1. The Labute approximate surface area is 208 Å². The molecule has 8 heteroatoms. The number of fused-ring (bicyclic) bond motifs is 3. The minimum Gasteiger partial charge on any atom is -0.486 e. The lowest BCUT2D eigenvalue weighted by Gasteiger charge is -2.36. The second-order valence-electron chi connectivity index (χ2n) is 9.33. The van der Waals surface area contributed by atoms with Gasteiger partial charge in [-0.05, 0) is 24.7 Å². The van der Waals surface area contributed by atoms with E-state index in [2.05, 4.69) is 27.2 Å². The predicted octanol–water partition coefficient (Wildman–Crippen LogP) is 4.70. The number of nitrogens with zero attached hydrogens (tertiary/aromatic N) is 3. The van der Waals surface area contributed by atoms with Gasteiger partial charge < -0.3 is 29.1 Å². The molecule has 0 spiro atoms. The molecule has 3 heterocycles. The van der Waals surface area contributed by atoms with Crippen molar-refractivity contribution in [1.29, 1.82) is 0 Å². The van der Waals surface area contributed by atoms with Crippen molar-refractivity contribution in [2.75, 3.05) is 56.2 Å². The van der Waals surface area contributed by atoms with Gasteiger partial charge in [-0.2, -0.15) is 0 Å². The number of likely N-dealkylation sites (N-methyl/N-ethyl adjacent to an activating group) is 1. The average molecular weight is 483 g/mol. The van der Waals surface area contributed by atoms with Crippen molar-refractivity contribution in [3.8, 4) is 22.8 Å². The van der Waals surface area contributed by atoms with Gasteiger partial charge in [-0.3, -0.25) is 4.79 Å². The van der Waals surface area contributed by atoms with E-state index >= 15 is 0 Å². The van der Waals surface area contributed by atoms with E-state index in [-0.39, 0.29) is 5.78 Å². The number of hydrogen-bond acceptors (Lipinski definition) is 8. The number of hydrogen-bond donors (Lipinski definition) is 1. The SMILES string of the molecule is CCN1CCN(c2cc(Nc3ccc4c(c3)OCCO4)c3c4c(onc24)-c2ccccc2C3=O)CC1. The molecular formula is C28H26N4O4. The number of anilines is 3. The van der Waals surface area contributed by atoms with Gasteiger partial charge in [0.1, 0.15) is 18.7 Å². The molecule has 1 N–H and O–H groups in total. The molecule has 1 saturated heterocycles. The van der Waals surface area contributed by atoms with Crippen LogP contribution in [0.3, 0.4) is 0 Å². The van der Waals surface area contributed by atoms with Crippen LogP contribution in [0, 0.1) is 0 Å². The van der Waals surface area contributed by atoms with Crippen LogP contribution < -0.4 is 19.7 Å². The van der Waals surface area contributed by atoms with Crippen molar-refractivity contribution in [3.63, 3.8) is 0 Å². The molecule has 0 bridgehead atoms. The number of carbonyl (C=O) groups excluding carboxylic acids is 1. The first-order valence-electron chi connectivity index (χ1n) is 12.5. The molecule has 182 valence electrons. The van der Waals surface area contributed by atoms with Crippen molar-refractivity contribution in [2.45, 2.75) is 6.92 Å². The number of piperazine rings is 1. The first-order chi connectivity index (χ1) is 17.7. The fourth-order valence-corrected chi connectivity index (χ4v) is 5.46. The largest absolute Gasteiger partial charge is 0.486 e. The second-order valence-corrected chi connectivity index (χ2v) is 9.33. The molecule has 1 aromatic heterocycles. The molecule has 0 saturated carbocycles. The van der Waals surface area contributed by atoms with Crippen LogP contribution in [0.15, 0.2) is 53.1 Å². The maximum Gasteiger partial charge on any atom is 0.196 e. The number of carbonyl (C=O) groups is 1. The molecule has 4 aromatic rings. The third-order valence-electron chi connectivity index (χ3n) is 7.36. The van der Waals surface area contributed by atoms with Gasteiger partial charge in [0.15, 0.2) is 23.0 Å². The molecule has 2 aliphatic heterocycles. The highest BCUT2D eigenvalue weighted by molar-refractivity contribution is 6.28. The van der Waals surface area contributed by atoms with Crippen LogP contribution in [0.1, 0.15) is 22.8 Å². The summed E-state index contributed by atoms with van der Waals surface area (Å²) in [6.45, 7) is 8.03. The summed E-state index contributed by atoms with van der Waals surface area (Å²) in [5.41, 5.74) is 5.27.